The van der Waals surface area contributed by atoms with Crippen LogP contribution in [-0.2, 0) is 4.52 Å². The van der Waals surface area contributed by atoms with Gasteiger partial charge in [0.1, 0.15) is 0 Å². The molecule has 68 valence electrons. The van der Waals surface area contributed by atoms with E-state index in [0.717, 1.165) is 13.1 Å². The van der Waals surface area contributed by atoms with Crippen LogP contribution in [0.4, 0.5) is 0 Å². The van der Waals surface area contributed by atoms with Gasteiger partial charge in [0.2, 0.25) is 0 Å². The molecule has 0 aromatic heterocycles. The van der Waals surface area contributed by atoms with Crippen LogP contribution in [0, 0.1) is 0 Å². The lowest BCUT2D eigenvalue weighted by Gasteiger charge is -2.15. The largest absolute Gasteiger partial charge is 0.329 e. The van der Waals surface area contributed by atoms with Crippen molar-refractivity contribution in [2.75, 3.05) is 20.1 Å². The van der Waals surface area contributed by atoms with Crippen LogP contribution < -0.4 is 15.9 Å². The smallest absolute Gasteiger partial charge is 0.179 e. The van der Waals surface area contributed by atoms with E-state index >= 15 is 0 Å². The molecule has 0 bridgehead atoms. The third-order valence-corrected chi connectivity index (χ3v) is 2.15. The number of nitrogens with one attached hydrogen (secondary N) is 2. The summed E-state index contributed by atoms with van der Waals surface area (Å²) in [6.45, 7) is 5.72. The van der Waals surface area contributed by atoms with Crippen LogP contribution in [0.15, 0.2) is 0 Å². The molecule has 0 saturated heterocycles. The van der Waals surface area contributed by atoms with E-state index in [9.17, 15) is 0 Å². The van der Waals surface area contributed by atoms with Crippen molar-refractivity contribution in [3.8, 4) is 0 Å². The minimum absolute atomic E-state index is 0.202. The van der Waals surface area contributed by atoms with Gasteiger partial charge in [-0.3, -0.25) is 10.6 Å². The molecule has 0 aliphatic rings. The first-order valence-electron chi connectivity index (χ1n) is 3.76. The Morgan fingerprint density at radius 3 is 2.55 bits per heavy atom. The lowest BCUT2D eigenvalue weighted by molar-refractivity contribution is 0.266. The van der Waals surface area contributed by atoms with E-state index in [1.54, 1.807) is 0 Å². The van der Waals surface area contributed by atoms with Crippen molar-refractivity contribution < 1.29 is 4.52 Å². The zero-order chi connectivity index (χ0) is 8.69. The molecular formula is C6H18N3OP. The summed E-state index contributed by atoms with van der Waals surface area (Å²) < 4.78 is 5.30. The third-order valence-electron chi connectivity index (χ3n) is 0.967. The number of hydrogen-bond acceptors (Lipinski definition) is 4. The molecule has 0 rings (SSSR count). The van der Waals surface area contributed by atoms with Crippen LogP contribution in [0.1, 0.15) is 13.8 Å². The van der Waals surface area contributed by atoms with Gasteiger partial charge in [0.15, 0.2) is 8.45 Å². The van der Waals surface area contributed by atoms with E-state index < -0.39 is 8.45 Å². The van der Waals surface area contributed by atoms with Crippen LogP contribution in [0.3, 0.4) is 0 Å². The second-order valence-corrected chi connectivity index (χ2v) is 3.67. The monoisotopic (exact) mass is 179 g/mol. The first-order valence-corrected chi connectivity index (χ1v) is 5.09. The lowest BCUT2D eigenvalue weighted by Crippen LogP contribution is -2.24. The highest BCUT2D eigenvalue weighted by Gasteiger charge is 2.02. The summed E-state index contributed by atoms with van der Waals surface area (Å²) >= 11 is 0. The fourth-order valence-electron chi connectivity index (χ4n) is 0.555. The first kappa shape index (κ1) is 11.3. The maximum Gasteiger partial charge on any atom is 0.179 e. The highest BCUT2D eigenvalue weighted by atomic mass is 31.2. The summed E-state index contributed by atoms with van der Waals surface area (Å²) in [7, 11) is 0.985. The molecule has 0 fully saturated rings. The molecule has 0 spiro atoms. The van der Waals surface area contributed by atoms with Gasteiger partial charge in [-0.15, -0.1) is 0 Å². The lowest BCUT2D eigenvalue weighted by atomic mass is 10.5. The van der Waals surface area contributed by atoms with Crippen molar-refractivity contribution in [3.05, 3.63) is 0 Å². The Morgan fingerprint density at radius 1 is 1.45 bits per heavy atom. The van der Waals surface area contributed by atoms with E-state index in [4.69, 9.17) is 10.0 Å². The van der Waals surface area contributed by atoms with Crippen molar-refractivity contribution in [1.29, 1.82) is 0 Å². The average molecular weight is 179 g/mol. The minimum Gasteiger partial charge on any atom is -0.329 e. The Hall–Kier alpha value is 0.270. The van der Waals surface area contributed by atoms with E-state index in [-0.39, 0.29) is 6.10 Å². The molecule has 1 unspecified atom stereocenters. The van der Waals surface area contributed by atoms with Crippen LogP contribution >= 0.6 is 8.45 Å². The van der Waals surface area contributed by atoms with Gasteiger partial charge in [0.25, 0.3) is 0 Å². The Kier molecular flexibility index (Phi) is 7.12. The van der Waals surface area contributed by atoms with Crippen LogP contribution in [0.5, 0.6) is 0 Å². The van der Waals surface area contributed by atoms with Crippen molar-refractivity contribution >= 4 is 8.45 Å². The van der Waals surface area contributed by atoms with Gasteiger partial charge in [-0.25, -0.2) is 0 Å². The first-order chi connectivity index (χ1) is 5.16. The molecule has 4 N–H and O–H groups in total. The Labute approximate surface area is 69.8 Å². The summed E-state index contributed by atoms with van der Waals surface area (Å²) in [6.07, 6.45) is 0.202. The molecule has 11 heavy (non-hydrogen) atoms. The summed E-state index contributed by atoms with van der Waals surface area (Å²) in [4.78, 5) is 0. The molecule has 0 heterocycles. The van der Waals surface area contributed by atoms with Gasteiger partial charge < -0.3 is 9.84 Å². The number of nitrogens with two attached hydrogens (primary N) is 1. The maximum absolute atomic E-state index is 5.62. The molecule has 0 saturated carbocycles. The Bertz CT molecular complexity index is 91.9. The molecule has 5 heteroatoms. The third kappa shape index (κ3) is 8.17. The van der Waals surface area contributed by atoms with Crippen molar-refractivity contribution in [2.45, 2.75) is 20.0 Å². The molecule has 0 aliphatic carbocycles. The average Bonchev–Trinajstić information content (AvgIpc) is 1.86. The zero-order valence-electron chi connectivity index (χ0n) is 7.42. The summed E-state index contributed by atoms with van der Waals surface area (Å²) in [6, 6.07) is 0. The molecular weight excluding hydrogens is 161 g/mol. The van der Waals surface area contributed by atoms with Gasteiger partial charge in [-0.1, -0.05) is 0 Å². The molecule has 0 amide bonds. The fourth-order valence-corrected chi connectivity index (χ4v) is 1.42. The maximum atomic E-state index is 5.62. The number of hydrogen-bond donors (Lipinski definition) is 3. The standard InChI is InChI=1S/C6H18N3OP/c1-6(2)10-11(7)9-5-4-8-3/h6,8-9H,4-5,7H2,1-3H3. The van der Waals surface area contributed by atoms with Gasteiger partial charge in [0.05, 0.1) is 6.10 Å². The van der Waals surface area contributed by atoms with E-state index in [2.05, 4.69) is 10.4 Å². The zero-order valence-corrected chi connectivity index (χ0v) is 8.32. The van der Waals surface area contributed by atoms with Crippen LogP contribution in [0.2, 0.25) is 0 Å². The van der Waals surface area contributed by atoms with E-state index in [0.29, 0.717) is 0 Å². The van der Waals surface area contributed by atoms with Gasteiger partial charge >= 0.3 is 0 Å². The molecule has 0 aromatic rings. The summed E-state index contributed by atoms with van der Waals surface area (Å²) in [5.41, 5.74) is 5.62. The van der Waals surface area contributed by atoms with Gasteiger partial charge in [0, 0.05) is 13.1 Å². The second kappa shape index (κ2) is 6.95. The Morgan fingerprint density at radius 2 is 2.09 bits per heavy atom. The topological polar surface area (TPSA) is 59.3 Å². The molecule has 0 aromatic carbocycles. The minimum atomic E-state index is -0.922. The van der Waals surface area contributed by atoms with E-state index in [1.807, 2.05) is 20.9 Å². The predicted octanol–water partition coefficient (Wildman–Crippen LogP) is 0.406. The molecule has 0 radical (unpaired) electrons. The second-order valence-electron chi connectivity index (χ2n) is 2.49. The molecule has 4 nitrogen and oxygen atoms in total. The molecule has 1 atom stereocenters. The van der Waals surface area contributed by atoms with E-state index in [1.165, 1.54) is 0 Å². The van der Waals surface area contributed by atoms with Crippen molar-refractivity contribution in [2.24, 2.45) is 5.50 Å². The number of likely N-dealkylation sites (N-methyl/N-ethyl adjacent to an activating group) is 1. The SMILES string of the molecule is CNCCNP(N)OC(C)C. The van der Waals surface area contributed by atoms with Crippen LogP contribution in [0.25, 0.3) is 0 Å². The van der Waals surface area contributed by atoms with Crippen molar-refractivity contribution in [3.63, 3.8) is 0 Å². The van der Waals surface area contributed by atoms with Crippen molar-refractivity contribution in [1.82, 2.24) is 10.4 Å². The summed E-state index contributed by atoms with van der Waals surface area (Å²) in [5, 5.41) is 6.09. The fraction of sp³-hybridized carbons (Fsp3) is 1.00. The Balaban J connectivity index is 3.15. The highest BCUT2D eigenvalue weighted by molar-refractivity contribution is 7.47. The van der Waals surface area contributed by atoms with Crippen LogP contribution in [-0.4, -0.2) is 26.2 Å². The quantitative estimate of drug-likeness (QED) is 0.408. The molecule has 0 aliphatic heterocycles. The predicted molar refractivity (Wildman–Crippen MR) is 49.3 cm³/mol. The van der Waals surface area contributed by atoms with Gasteiger partial charge in [-0.05, 0) is 20.9 Å². The summed E-state index contributed by atoms with van der Waals surface area (Å²) in [5.74, 6) is 0. The van der Waals surface area contributed by atoms with Gasteiger partial charge in [-0.2, -0.15) is 0 Å². The number of rotatable bonds is 6. The normalized spacial score (nSPS) is 13.9. The highest BCUT2D eigenvalue weighted by Crippen LogP contribution is 2.22.